The number of amides is 1. The number of nitrogens with zero attached hydrogens (tertiary/aromatic N) is 3. The van der Waals surface area contributed by atoms with Gasteiger partial charge in [-0.3, -0.25) is 9.69 Å². The number of para-hydroxylation sites is 2. The van der Waals surface area contributed by atoms with E-state index in [1.165, 1.54) is 11.3 Å². The molecule has 3 aromatic rings. The van der Waals surface area contributed by atoms with Gasteiger partial charge < -0.3 is 23.8 Å². The number of aromatic nitrogens is 1. The standard InChI is InChI=1S/C24H29N3O5S/c1-5-26(6-2)11-12-27(23(28)21-15-31-17-9-7-8-10-18(17)32-21)24-25-16-13-19(29-3)20(30-4)14-22(16)33-24/h7-10,13-14,21H,5-6,11-12,15H2,1-4H3. The lowest BCUT2D eigenvalue weighted by Gasteiger charge is -2.30. The second-order valence-corrected chi connectivity index (χ2v) is 8.56. The van der Waals surface area contributed by atoms with Crippen LogP contribution in [-0.4, -0.2) is 68.9 Å². The van der Waals surface area contributed by atoms with E-state index in [0.717, 1.165) is 29.9 Å². The van der Waals surface area contributed by atoms with Crippen LogP contribution >= 0.6 is 11.3 Å². The van der Waals surface area contributed by atoms with E-state index in [2.05, 4.69) is 18.7 Å². The number of rotatable bonds is 9. The first kappa shape index (κ1) is 23.1. The number of fused-ring (bicyclic) bond motifs is 2. The Morgan fingerprint density at radius 1 is 1.09 bits per heavy atom. The van der Waals surface area contributed by atoms with E-state index < -0.39 is 6.10 Å². The molecule has 1 unspecified atom stereocenters. The summed E-state index contributed by atoms with van der Waals surface area (Å²) in [5.41, 5.74) is 0.749. The van der Waals surface area contributed by atoms with Gasteiger partial charge in [-0.2, -0.15) is 0 Å². The molecule has 0 fully saturated rings. The van der Waals surface area contributed by atoms with Crippen LogP contribution in [0.4, 0.5) is 5.13 Å². The summed E-state index contributed by atoms with van der Waals surface area (Å²) in [4.78, 5) is 22.4. The summed E-state index contributed by atoms with van der Waals surface area (Å²) in [7, 11) is 3.19. The number of methoxy groups -OCH3 is 2. The van der Waals surface area contributed by atoms with E-state index in [1.807, 2.05) is 36.4 Å². The van der Waals surface area contributed by atoms with Crippen molar-refractivity contribution in [3.63, 3.8) is 0 Å². The highest BCUT2D eigenvalue weighted by Gasteiger charge is 2.33. The molecule has 9 heteroatoms. The molecule has 1 aromatic heterocycles. The van der Waals surface area contributed by atoms with E-state index in [-0.39, 0.29) is 12.5 Å². The monoisotopic (exact) mass is 471 g/mol. The predicted octanol–water partition coefficient (Wildman–Crippen LogP) is 3.83. The van der Waals surface area contributed by atoms with Crippen molar-refractivity contribution in [1.82, 2.24) is 9.88 Å². The molecule has 0 spiro atoms. The number of hydrogen-bond acceptors (Lipinski definition) is 8. The van der Waals surface area contributed by atoms with Crippen molar-refractivity contribution in [3.05, 3.63) is 36.4 Å². The summed E-state index contributed by atoms with van der Waals surface area (Å²) in [6.45, 7) is 7.42. The Morgan fingerprint density at radius 3 is 2.48 bits per heavy atom. The third-order valence-corrected chi connectivity index (χ3v) is 6.74. The number of hydrogen-bond donors (Lipinski definition) is 0. The van der Waals surface area contributed by atoms with Crippen LogP contribution in [0.1, 0.15) is 13.8 Å². The van der Waals surface area contributed by atoms with Crippen molar-refractivity contribution in [1.29, 1.82) is 0 Å². The number of carbonyl (C=O) groups excluding carboxylic acids is 1. The SMILES string of the molecule is CCN(CC)CCN(C(=O)C1COc2ccccc2O1)c1nc2cc(OC)c(OC)cc2s1. The summed E-state index contributed by atoms with van der Waals surface area (Å²) in [6.07, 6.45) is -0.743. The van der Waals surface area contributed by atoms with Crippen LogP contribution < -0.4 is 23.8 Å². The third-order valence-electron chi connectivity index (χ3n) is 5.70. The molecule has 0 aliphatic carbocycles. The van der Waals surface area contributed by atoms with Crippen molar-refractivity contribution >= 4 is 32.6 Å². The Labute approximate surface area is 197 Å². The van der Waals surface area contributed by atoms with E-state index in [0.29, 0.717) is 34.7 Å². The number of ether oxygens (including phenoxy) is 4. The lowest BCUT2D eigenvalue weighted by Crippen LogP contribution is -2.48. The molecule has 2 aromatic carbocycles. The van der Waals surface area contributed by atoms with Gasteiger partial charge in [-0.15, -0.1) is 0 Å². The van der Waals surface area contributed by atoms with Crippen LogP contribution in [0, 0.1) is 0 Å². The molecule has 8 nitrogen and oxygen atoms in total. The molecule has 1 aliphatic heterocycles. The summed E-state index contributed by atoms with van der Waals surface area (Å²) in [5.74, 6) is 2.28. The lowest BCUT2D eigenvalue weighted by atomic mass is 10.2. The Morgan fingerprint density at radius 2 is 1.79 bits per heavy atom. The van der Waals surface area contributed by atoms with Crippen molar-refractivity contribution in [2.45, 2.75) is 20.0 Å². The normalized spacial score (nSPS) is 15.0. The highest BCUT2D eigenvalue weighted by Crippen LogP contribution is 2.38. The van der Waals surface area contributed by atoms with Crippen LogP contribution in [0.25, 0.3) is 10.2 Å². The maximum Gasteiger partial charge on any atom is 0.273 e. The molecule has 176 valence electrons. The summed E-state index contributed by atoms with van der Waals surface area (Å²) in [6, 6.07) is 11.1. The van der Waals surface area contributed by atoms with Gasteiger partial charge in [0.25, 0.3) is 5.91 Å². The van der Waals surface area contributed by atoms with Crippen molar-refractivity contribution in [2.24, 2.45) is 0 Å². The Hall–Kier alpha value is -3.04. The van der Waals surface area contributed by atoms with E-state index in [9.17, 15) is 4.79 Å². The zero-order chi connectivity index (χ0) is 23.4. The minimum atomic E-state index is -0.743. The summed E-state index contributed by atoms with van der Waals surface area (Å²) in [5, 5.41) is 0.611. The number of likely N-dealkylation sites (N-methyl/N-ethyl adjacent to an activating group) is 1. The van der Waals surface area contributed by atoms with Crippen molar-refractivity contribution in [2.75, 3.05) is 51.9 Å². The van der Waals surface area contributed by atoms with Gasteiger partial charge in [-0.1, -0.05) is 37.3 Å². The molecule has 4 rings (SSSR count). The Bertz CT molecular complexity index is 1070. The van der Waals surface area contributed by atoms with Gasteiger partial charge >= 0.3 is 0 Å². The summed E-state index contributed by atoms with van der Waals surface area (Å²) < 4.78 is 23.6. The van der Waals surface area contributed by atoms with Gasteiger partial charge in [0.05, 0.1) is 24.4 Å². The molecule has 1 atom stereocenters. The quantitative estimate of drug-likeness (QED) is 0.470. The van der Waals surface area contributed by atoms with Gasteiger partial charge in [0.2, 0.25) is 6.10 Å². The van der Waals surface area contributed by atoms with Crippen LogP contribution in [0.5, 0.6) is 23.0 Å². The first-order valence-electron chi connectivity index (χ1n) is 11.0. The minimum Gasteiger partial charge on any atom is -0.493 e. The van der Waals surface area contributed by atoms with Gasteiger partial charge in [0, 0.05) is 25.2 Å². The molecule has 0 radical (unpaired) electrons. The van der Waals surface area contributed by atoms with Crippen LogP contribution in [0.3, 0.4) is 0 Å². The fourth-order valence-electron chi connectivity index (χ4n) is 3.75. The average molecular weight is 472 g/mol. The van der Waals surface area contributed by atoms with E-state index in [1.54, 1.807) is 19.1 Å². The number of thiazole rings is 1. The van der Waals surface area contributed by atoms with E-state index >= 15 is 0 Å². The van der Waals surface area contributed by atoms with Crippen molar-refractivity contribution < 1.29 is 23.7 Å². The third kappa shape index (κ3) is 4.84. The second-order valence-electron chi connectivity index (χ2n) is 7.55. The number of anilines is 1. The number of carbonyl (C=O) groups is 1. The Kier molecular flexibility index (Phi) is 7.20. The highest BCUT2D eigenvalue weighted by molar-refractivity contribution is 7.22. The first-order chi connectivity index (χ1) is 16.1. The smallest absolute Gasteiger partial charge is 0.273 e. The fraction of sp³-hybridized carbons (Fsp3) is 0.417. The number of benzene rings is 2. The molecule has 1 amide bonds. The topological polar surface area (TPSA) is 73.4 Å². The van der Waals surface area contributed by atoms with Gasteiger partial charge in [-0.05, 0) is 25.2 Å². The molecular formula is C24H29N3O5S. The molecular weight excluding hydrogens is 442 g/mol. The first-order valence-corrected chi connectivity index (χ1v) is 11.8. The second kappa shape index (κ2) is 10.3. The summed E-state index contributed by atoms with van der Waals surface area (Å²) >= 11 is 1.44. The van der Waals surface area contributed by atoms with Gasteiger partial charge in [0.15, 0.2) is 28.1 Å². The zero-order valence-electron chi connectivity index (χ0n) is 19.4. The maximum absolute atomic E-state index is 13.6. The molecule has 0 saturated carbocycles. The molecule has 33 heavy (non-hydrogen) atoms. The van der Waals surface area contributed by atoms with E-state index in [4.69, 9.17) is 23.9 Å². The maximum atomic E-state index is 13.6. The Balaban J connectivity index is 1.65. The van der Waals surface area contributed by atoms with Crippen molar-refractivity contribution in [3.8, 4) is 23.0 Å². The van der Waals surface area contributed by atoms with Gasteiger partial charge in [-0.25, -0.2) is 4.98 Å². The lowest BCUT2D eigenvalue weighted by molar-refractivity contribution is -0.127. The average Bonchev–Trinajstić information content (AvgIpc) is 3.27. The minimum absolute atomic E-state index is 0.157. The van der Waals surface area contributed by atoms with Crippen LogP contribution in [0.2, 0.25) is 0 Å². The molecule has 0 N–H and O–H groups in total. The molecule has 2 heterocycles. The fourth-order valence-corrected chi connectivity index (χ4v) is 4.76. The molecule has 0 bridgehead atoms. The molecule has 0 saturated heterocycles. The largest absolute Gasteiger partial charge is 0.493 e. The van der Waals surface area contributed by atoms with Crippen LogP contribution in [0.15, 0.2) is 36.4 Å². The zero-order valence-corrected chi connectivity index (χ0v) is 20.2. The molecule has 1 aliphatic rings. The van der Waals surface area contributed by atoms with Crippen LogP contribution in [-0.2, 0) is 4.79 Å². The van der Waals surface area contributed by atoms with Gasteiger partial charge in [0.1, 0.15) is 6.61 Å². The predicted molar refractivity (Wildman–Crippen MR) is 129 cm³/mol. The highest BCUT2D eigenvalue weighted by atomic mass is 32.1.